The van der Waals surface area contributed by atoms with E-state index in [0.717, 1.165) is 12.8 Å². The van der Waals surface area contributed by atoms with Crippen LogP contribution >= 0.6 is 0 Å². The van der Waals surface area contributed by atoms with Gasteiger partial charge in [-0.05, 0) is 25.2 Å². The summed E-state index contributed by atoms with van der Waals surface area (Å²) in [4.78, 5) is 22.1. The van der Waals surface area contributed by atoms with Crippen LogP contribution in [0.25, 0.3) is 0 Å². The van der Waals surface area contributed by atoms with Crippen LogP contribution in [0, 0.1) is 11.8 Å². The number of hydrogen-bond acceptors (Lipinski definition) is 2. The molecular formula is C12H18O3. The molecule has 1 fully saturated rings. The van der Waals surface area contributed by atoms with Gasteiger partial charge in [0.2, 0.25) is 0 Å². The number of allylic oxidation sites excluding steroid dienone is 2. The van der Waals surface area contributed by atoms with Crippen LogP contribution < -0.4 is 0 Å². The predicted molar refractivity (Wildman–Crippen MR) is 57.5 cm³/mol. The number of ketones is 1. The smallest absolute Gasteiger partial charge is 0.303 e. The van der Waals surface area contributed by atoms with Gasteiger partial charge in [0, 0.05) is 18.8 Å². The number of carboxylic acids is 1. The summed E-state index contributed by atoms with van der Waals surface area (Å²) < 4.78 is 0. The minimum atomic E-state index is -0.792. The molecule has 0 spiro atoms. The Morgan fingerprint density at radius 2 is 2.27 bits per heavy atom. The normalized spacial score (nSPS) is 26.3. The molecule has 1 N–H and O–H groups in total. The van der Waals surface area contributed by atoms with Crippen molar-refractivity contribution >= 4 is 11.8 Å². The van der Waals surface area contributed by atoms with Crippen LogP contribution in [0.3, 0.4) is 0 Å². The van der Waals surface area contributed by atoms with Crippen LogP contribution in [0.4, 0.5) is 0 Å². The zero-order chi connectivity index (χ0) is 11.3. The van der Waals surface area contributed by atoms with Crippen LogP contribution in [0.15, 0.2) is 12.2 Å². The van der Waals surface area contributed by atoms with Crippen molar-refractivity contribution in [3.05, 3.63) is 12.2 Å². The molecule has 1 saturated carbocycles. The van der Waals surface area contributed by atoms with Gasteiger partial charge >= 0.3 is 5.97 Å². The summed E-state index contributed by atoms with van der Waals surface area (Å²) in [5.74, 6) is -0.554. The minimum Gasteiger partial charge on any atom is -0.481 e. The molecule has 1 aliphatic carbocycles. The summed E-state index contributed by atoms with van der Waals surface area (Å²) in [6.07, 6.45) is 7.15. The number of hydrogen-bond donors (Lipinski definition) is 1. The van der Waals surface area contributed by atoms with E-state index in [1.54, 1.807) is 0 Å². The zero-order valence-electron chi connectivity index (χ0n) is 9.11. The fraction of sp³-hybridized carbons (Fsp3) is 0.667. The van der Waals surface area contributed by atoms with Crippen LogP contribution in [0.1, 0.15) is 39.0 Å². The van der Waals surface area contributed by atoms with Gasteiger partial charge in [-0.25, -0.2) is 0 Å². The van der Waals surface area contributed by atoms with E-state index >= 15 is 0 Å². The van der Waals surface area contributed by atoms with Crippen molar-refractivity contribution in [2.75, 3.05) is 0 Å². The van der Waals surface area contributed by atoms with Gasteiger partial charge in [-0.1, -0.05) is 19.1 Å². The summed E-state index contributed by atoms with van der Waals surface area (Å²) in [5.41, 5.74) is 0. The lowest BCUT2D eigenvalue weighted by molar-refractivity contribution is -0.138. The zero-order valence-corrected chi connectivity index (χ0v) is 9.11. The highest BCUT2D eigenvalue weighted by atomic mass is 16.5. The highest BCUT2D eigenvalue weighted by Gasteiger charge is 2.34. The number of rotatable bonds is 5. The molecule has 0 unspecified atom stereocenters. The van der Waals surface area contributed by atoms with Crippen molar-refractivity contribution in [3.8, 4) is 0 Å². The Morgan fingerprint density at radius 3 is 2.87 bits per heavy atom. The van der Waals surface area contributed by atoms with Gasteiger partial charge in [0.25, 0.3) is 0 Å². The molecule has 1 aliphatic rings. The Bertz CT molecular complexity index is 268. The molecule has 15 heavy (non-hydrogen) atoms. The average molecular weight is 212 g/mol. The summed E-state index contributed by atoms with van der Waals surface area (Å²) in [6, 6.07) is 0. The Hall–Kier alpha value is -1.12. The van der Waals surface area contributed by atoms with E-state index in [1.807, 2.05) is 19.1 Å². The van der Waals surface area contributed by atoms with E-state index in [-0.39, 0.29) is 24.0 Å². The first-order valence-electron chi connectivity index (χ1n) is 5.54. The van der Waals surface area contributed by atoms with Gasteiger partial charge in [-0.2, -0.15) is 0 Å². The Labute approximate surface area is 90.2 Å². The first kappa shape index (κ1) is 12.0. The third kappa shape index (κ3) is 3.50. The first-order chi connectivity index (χ1) is 7.15. The lowest BCUT2D eigenvalue weighted by atomic mass is 9.96. The number of carbonyl (C=O) groups excluding carboxylic acids is 1. The van der Waals surface area contributed by atoms with E-state index in [1.165, 1.54) is 0 Å². The van der Waals surface area contributed by atoms with Gasteiger partial charge in [-0.15, -0.1) is 0 Å². The molecule has 0 aliphatic heterocycles. The maximum absolute atomic E-state index is 11.5. The third-order valence-electron chi connectivity index (χ3n) is 2.97. The van der Waals surface area contributed by atoms with Crippen molar-refractivity contribution in [2.24, 2.45) is 11.8 Å². The van der Waals surface area contributed by atoms with Gasteiger partial charge in [0.1, 0.15) is 5.78 Å². The number of carbonyl (C=O) groups is 2. The summed E-state index contributed by atoms with van der Waals surface area (Å²) in [7, 11) is 0. The standard InChI is InChI=1S/C12H18O3/c1-2-3-4-5-10-9(8-12(14)15)6-7-11(10)13/h3-4,9-10H,2,5-8H2,1H3,(H,14,15)/b4-3-/t9-,10-/m0/s1/i8+1,12+1. The predicted octanol–water partition coefficient (Wildman–Crippen LogP) is 2.41. The second-order valence-corrected chi connectivity index (χ2v) is 4.08. The number of Topliss-reactive ketones (excluding diaryl/α,β-unsaturated/α-hetero) is 1. The molecule has 1 rings (SSSR count). The molecule has 0 aromatic heterocycles. The van der Waals surface area contributed by atoms with E-state index in [4.69, 9.17) is 5.11 Å². The average Bonchev–Trinajstić information content (AvgIpc) is 2.49. The van der Waals surface area contributed by atoms with Gasteiger partial charge < -0.3 is 5.11 Å². The van der Waals surface area contributed by atoms with E-state index in [0.29, 0.717) is 12.8 Å². The fourth-order valence-corrected chi connectivity index (χ4v) is 2.18. The number of carboxylic acid groups (broad SMARTS) is 1. The summed E-state index contributed by atoms with van der Waals surface area (Å²) >= 11 is 0. The largest absolute Gasteiger partial charge is 0.481 e. The maximum atomic E-state index is 11.5. The highest BCUT2D eigenvalue weighted by Crippen LogP contribution is 2.33. The van der Waals surface area contributed by atoms with E-state index in [2.05, 4.69) is 0 Å². The fourth-order valence-electron chi connectivity index (χ4n) is 2.18. The Kier molecular flexibility index (Phi) is 4.53. The number of aliphatic carboxylic acids is 1. The van der Waals surface area contributed by atoms with Crippen molar-refractivity contribution < 1.29 is 14.7 Å². The van der Waals surface area contributed by atoms with Crippen LogP contribution in [0.2, 0.25) is 0 Å². The van der Waals surface area contributed by atoms with Crippen molar-refractivity contribution in [3.63, 3.8) is 0 Å². The molecule has 0 bridgehead atoms. The Balaban J connectivity index is 2.52. The van der Waals surface area contributed by atoms with Gasteiger partial charge in [0.05, 0.1) is 0 Å². The van der Waals surface area contributed by atoms with Crippen molar-refractivity contribution in [1.82, 2.24) is 0 Å². The SMILES string of the molecule is CC/C=C\C[C@@H]1C(=O)CC[C@H]1[13CH2][13C](=O)O. The molecule has 84 valence electrons. The second-order valence-electron chi connectivity index (χ2n) is 4.08. The summed E-state index contributed by atoms with van der Waals surface area (Å²) in [6.45, 7) is 2.04. The molecule has 2 atom stereocenters. The molecule has 0 aromatic rings. The minimum absolute atomic E-state index is 0.0519. The highest BCUT2D eigenvalue weighted by molar-refractivity contribution is 5.84. The molecule has 0 heterocycles. The lowest BCUT2D eigenvalue weighted by Crippen LogP contribution is -2.17. The van der Waals surface area contributed by atoms with Crippen molar-refractivity contribution in [1.29, 1.82) is 0 Å². The molecule has 0 amide bonds. The lowest BCUT2D eigenvalue weighted by Gasteiger charge is -2.14. The summed E-state index contributed by atoms with van der Waals surface area (Å²) in [5, 5.41) is 8.72. The first-order valence-corrected chi connectivity index (χ1v) is 5.54. The third-order valence-corrected chi connectivity index (χ3v) is 2.97. The second kappa shape index (κ2) is 5.69. The molecular weight excluding hydrogens is 194 g/mol. The topological polar surface area (TPSA) is 54.4 Å². The van der Waals surface area contributed by atoms with Crippen molar-refractivity contribution in [2.45, 2.75) is 39.0 Å². The quantitative estimate of drug-likeness (QED) is 0.562. The van der Waals surface area contributed by atoms with E-state index in [9.17, 15) is 9.59 Å². The monoisotopic (exact) mass is 212 g/mol. The molecule has 0 aromatic carbocycles. The molecule has 3 nitrogen and oxygen atoms in total. The van der Waals surface area contributed by atoms with Crippen LogP contribution in [-0.4, -0.2) is 16.9 Å². The van der Waals surface area contributed by atoms with Crippen LogP contribution in [-0.2, 0) is 9.59 Å². The molecule has 0 radical (unpaired) electrons. The van der Waals surface area contributed by atoms with Gasteiger partial charge in [0.15, 0.2) is 0 Å². The van der Waals surface area contributed by atoms with E-state index < -0.39 is 5.97 Å². The molecule has 0 saturated heterocycles. The van der Waals surface area contributed by atoms with Gasteiger partial charge in [-0.3, -0.25) is 9.59 Å². The maximum Gasteiger partial charge on any atom is 0.303 e. The Morgan fingerprint density at radius 1 is 1.53 bits per heavy atom. The molecule has 3 heteroatoms. The van der Waals surface area contributed by atoms with Crippen LogP contribution in [0.5, 0.6) is 0 Å².